The van der Waals surface area contributed by atoms with Gasteiger partial charge in [-0.1, -0.05) is 12.1 Å². The molecule has 0 saturated carbocycles. The van der Waals surface area contributed by atoms with Gasteiger partial charge in [-0.2, -0.15) is 5.10 Å². The summed E-state index contributed by atoms with van der Waals surface area (Å²) < 4.78 is 5.52. The molecule has 2 aromatic rings. The van der Waals surface area contributed by atoms with Gasteiger partial charge in [-0.15, -0.1) is 0 Å². The monoisotopic (exact) mass is 217 g/mol. The van der Waals surface area contributed by atoms with Gasteiger partial charge in [-0.3, -0.25) is 5.10 Å². The molecule has 0 amide bonds. The van der Waals surface area contributed by atoms with Crippen molar-refractivity contribution in [3.63, 3.8) is 0 Å². The SMILES string of the molecule is CCOc1ccccc1NCc1ccn[nH]1. The van der Waals surface area contributed by atoms with Crippen LogP contribution in [0.2, 0.25) is 0 Å². The van der Waals surface area contributed by atoms with Gasteiger partial charge >= 0.3 is 0 Å². The Hall–Kier alpha value is -1.97. The van der Waals surface area contributed by atoms with Crippen LogP contribution in [0.3, 0.4) is 0 Å². The number of anilines is 1. The zero-order chi connectivity index (χ0) is 11.2. The van der Waals surface area contributed by atoms with E-state index in [1.165, 1.54) is 0 Å². The summed E-state index contributed by atoms with van der Waals surface area (Å²) in [7, 11) is 0. The van der Waals surface area contributed by atoms with Crippen molar-refractivity contribution < 1.29 is 4.74 Å². The summed E-state index contributed by atoms with van der Waals surface area (Å²) in [4.78, 5) is 0. The van der Waals surface area contributed by atoms with Crippen molar-refractivity contribution in [2.24, 2.45) is 0 Å². The van der Waals surface area contributed by atoms with Crippen molar-refractivity contribution in [2.45, 2.75) is 13.5 Å². The van der Waals surface area contributed by atoms with E-state index >= 15 is 0 Å². The highest BCUT2D eigenvalue weighted by Crippen LogP contribution is 2.23. The summed E-state index contributed by atoms with van der Waals surface area (Å²) >= 11 is 0. The third-order valence-corrected chi connectivity index (χ3v) is 2.21. The van der Waals surface area contributed by atoms with Gasteiger partial charge in [-0.05, 0) is 25.1 Å². The van der Waals surface area contributed by atoms with E-state index in [1.54, 1.807) is 6.20 Å². The van der Waals surface area contributed by atoms with Crippen LogP contribution in [0.25, 0.3) is 0 Å². The summed E-state index contributed by atoms with van der Waals surface area (Å²) in [6, 6.07) is 9.85. The lowest BCUT2D eigenvalue weighted by Gasteiger charge is -2.11. The van der Waals surface area contributed by atoms with E-state index in [4.69, 9.17) is 4.74 Å². The van der Waals surface area contributed by atoms with Gasteiger partial charge < -0.3 is 10.1 Å². The molecule has 0 spiro atoms. The standard InChI is InChI=1S/C12H15N3O/c1-2-16-12-6-4-3-5-11(12)13-9-10-7-8-14-15-10/h3-8,13H,2,9H2,1H3,(H,14,15). The third kappa shape index (κ3) is 2.53. The van der Waals surface area contributed by atoms with E-state index in [0.29, 0.717) is 13.2 Å². The first kappa shape index (κ1) is 10.5. The average Bonchev–Trinajstić information content (AvgIpc) is 2.81. The van der Waals surface area contributed by atoms with Crippen molar-refractivity contribution in [3.8, 4) is 5.75 Å². The lowest BCUT2D eigenvalue weighted by molar-refractivity contribution is 0.341. The molecule has 0 bridgehead atoms. The molecule has 1 aromatic heterocycles. The second-order valence-electron chi connectivity index (χ2n) is 3.36. The highest BCUT2D eigenvalue weighted by molar-refractivity contribution is 5.56. The van der Waals surface area contributed by atoms with E-state index in [2.05, 4.69) is 15.5 Å². The fraction of sp³-hybridized carbons (Fsp3) is 0.250. The number of aromatic nitrogens is 2. The molecule has 16 heavy (non-hydrogen) atoms. The molecule has 4 nitrogen and oxygen atoms in total. The molecule has 0 saturated heterocycles. The number of nitrogens with zero attached hydrogens (tertiary/aromatic N) is 1. The summed E-state index contributed by atoms with van der Waals surface area (Å²) in [5.41, 5.74) is 2.05. The molecule has 4 heteroatoms. The summed E-state index contributed by atoms with van der Waals surface area (Å²) in [6.07, 6.45) is 1.74. The Morgan fingerprint density at radius 2 is 2.19 bits per heavy atom. The largest absolute Gasteiger partial charge is 0.492 e. The molecule has 0 unspecified atom stereocenters. The minimum atomic E-state index is 0.669. The average molecular weight is 217 g/mol. The molecule has 0 aliphatic rings. The Balaban J connectivity index is 2.03. The second-order valence-corrected chi connectivity index (χ2v) is 3.36. The maximum Gasteiger partial charge on any atom is 0.142 e. The molecule has 1 aromatic carbocycles. The van der Waals surface area contributed by atoms with Crippen molar-refractivity contribution in [1.29, 1.82) is 0 Å². The van der Waals surface area contributed by atoms with E-state index in [0.717, 1.165) is 17.1 Å². The summed E-state index contributed by atoms with van der Waals surface area (Å²) in [5.74, 6) is 0.879. The predicted molar refractivity (Wildman–Crippen MR) is 63.5 cm³/mol. The minimum Gasteiger partial charge on any atom is -0.492 e. The Morgan fingerprint density at radius 1 is 1.31 bits per heavy atom. The number of rotatable bonds is 5. The Labute approximate surface area is 94.6 Å². The molecule has 2 N–H and O–H groups in total. The van der Waals surface area contributed by atoms with Gasteiger partial charge in [0.2, 0.25) is 0 Å². The summed E-state index contributed by atoms with van der Waals surface area (Å²) in [5, 5.41) is 10.1. The van der Waals surface area contributed by atoms with Crippen LogP contribution in [0.1, 0.15) is 12.6 Å². The van der Waals surface area contributed by atoms with Crippen LogP contribution in [-0.2, 0) is 6.54 Å². The molecule has 0 aliphatic heterocycles. The number of benzene rings is 1. The number of H-pyrrole nitrogens is 1. The van der Waals surface area contributed by atoms with Crippen molar-refractivity contribution >= 4 is 5.69 Å². The van der Waals surface area contributed by atoms with Gasteiger partial charge in [0.05, 0.1) is 24.5 Å². The molecule has 1 heterocycles. The molecule has 0 aliphatic carbocycles. The number of ether oxygens (including phenoxy) is 1. The number of hydrogen-bond donors (Lipinski definition) is 2. The predicted octanol–water partition coefficient (Wildman–Crippen LogP) is 2.42. The van der Waals surface area contributed by atoms with Crippen LogP contribution in [0.4, 0.5) is 5.69 Å². The van der Waals surface area contributed by atoms with E-state index in [9.17, 15) is 0 Å². The number of aromatic amines is 1. The van der Waals surface area contributed by atoms with E-state index < -0.39 is 0 Å². The zero-order valence-corrected chi connectivity index (χ0v) is 9.23. The topological polar surface area (TPSA) is 49.9 Å². The molecule has 0 atom stereocenters. The normalized spacial score (nSPS) is 10.1. The van der Waals surface area contributed by atoms with Crippen molar-refractivity contribution in [2.75, 3.05) is 11.9 Å². The molecule has 0 fully saturated rings. The Kier molecular flexibility index (Phi) is 3.43. The van der Waals surface area contributed by atoms with Crippen molar-refractivity contribution in [3.05, 3.63) is 42.2 Å². The van der Waals surface area contributed by atoms with Crippen molar-refractivity contribution in [1.82, 2.24) is 10.2 Å². The van der Waals surface area contributed by atoms with Crippen LogP contribution in [-0.4, -0.2) is 16.8 Å². The van der Waals surface area contributed by atoms with Crippen LogP contribution < -0.4 is 10.1 Å². The fourth-order valence-electron chi connectivity index (χ4n) is 1.47. The van der Waals surface area contributed by atoms with Crippen LogP contribution in [0.5, 0.6) is 5.75 Å². The first-order valence-electron chi connectivity index (χ1n) is 5.34. The molecule has 0 radical (unpaired) electrons. The minimum absolute atomic E-state index is 0.669. The van der Waals surface area contributed by atoms with Gasteiger partial charge in [-0.25, -0.2) is 0 Å². The van der Waals surface area contributed by atoms with E-state index in [-0.39, 0.29) is 0 Å². The quantitative estimate of drug-likeness (QED) is 0.808. The number of nitrogens with one attached hydrogen (secondary N) is 2. The molecular formula is C12H15N3O. The smallest absolute Gasteiger partial charge is 0.142 e. The van der Waals surface area contributed by atoms with Crippen LogP contribution in [0, 0.1) is 0 Å². The van der Waals surface area contributed by atoms with Gasteiger partial charge in [0.25, 0.3) is 0 Å². The second kappa shape index (κ2) is 5.21. The van der Waals surface area contributed by atoms with Crippen LogP contribution in [0.15, 0.2) is 36.5 Å². The van der Waals surface area contributed by atoms with Crippen LogP contribution >= 0.6 is 0 Å². The van der Waals surface area contributed by atoms with E-state index in [1.807, 2.05) is 37.3 Å². The fourth-order valence-corrected chi connectivity index (χ4v) is 1.47. The highest BCUT2D eigenvalue weighted by atomic mass is 16.5. The maximum atomic E-state index is 5.52. The zero-order valence-electron chi connectivity index (χ0n) is 9.23. The third-order valence-electron chi connectivity index (χ3n) is 2.21. The van der Waals surface area contributed by atoms with Gasteiger partial charge in [0.15, 0.2) is 0 Å². The molecule has 2 rings (SSSR count). The lowest BCUT2D eigenvalue weighted by atomic mass is 10.3. The van der Waals surface area contributed by atoms with Gasteiger partial charge in [0.1, 0.15) is 5.75 Å². The lowest BCUT2D eigenvalue weighted by Crippen LogP contribution is -2.02. The highest BCUT2D eigenvalue weighted by Gasteiger charge is 2.01. The Bertz CT molecular complexity index is 426. The molecular weight excluding hydrogens is 202 g/mol. The maximum absolute atomic E-state index is 5.52. The molecule has 84 valence electrons. The number of para-hydroxylation sites is 2. The summed E-state index contributed by atoms with van der Waals surface area (Å²) in [6.45, 7) is 3.36. The number of hydrogen-bond acceptors (Lipinski definition) is 3. The van der Waals surface area contributed by atoms with Gasteiger partial charge in [0, 0.05) is 6.20 Å². The first-order chi connectivity index (χ1) is 7.90. The first-order valence-corrected chi connectivity index (χ1v) is 5.34. The Morgan fingerprint density at radius 3 is 2.94 bits per heavy atom.